The van der Waals surface area contributed by atoms with Crippen LogP contribution in [-0.2, 0) is 9.47 Å². The van der Waals surface area contributed by atoms with Gasteiger partial charge in [0.25, 0.3) is 0 Å². The van der Waals surface area contributed by atoms with E-state index in [9.17, 15) is 0 Å². The number of hydrogen-bond donors (Lipinski definition) is 1. The first-order valence-corrected chi connectivity index (χ1v) is 7.40. The van der Waals surface area contributed by atoms with Crippen molar-refractivity contribution in [1.82, 2.24) is 0 Å². The maximum absolute atomic E-state index is 8.45. The van der Waals surface area contributed by atoms with Crippen LogP contribution in [-0.4, -0.2) is 53.5 Å². The summed E-state index contributed by atoms with van der Waals surface area (Å²) in [5.74, 6) is 0.713. The second kappa shape index (κ2) is 14.1. The van der Waals surface area contributed by atoms with Gasteiger partial charge in [0.1, 0.15) is 4.38 Å². The molecule has 0 fully saturated rings. The number of alkyl halides is 1. The van der Waals surface area contributed by atoms with Crippen molar-refractivity contribution >= 4 is 39.5 Å². The number of rotatable bonds is 9. The first-order chi connectivity index (χ1) is 8.35. The van der Waals surface area contributed by atoms with Crippen molar-refractivity contribution in [2.45, 2.75) is 0 Å². The summed E-state index contributed by atoms with van der Waals surface area (Å²) in [7, 11) is 0. The fraction of sp³-hybridized carbons (Fsp3) is 0.778. The van der Waals surface area contributed by atoms with Gasteiger partial charge < -0.3 is 14.6 Å². The van der Waals surface area contributed by atoms with Crippen molar-refractivity contribution in [3.63, 3.8) is 0 Å². The number of thioether (sulfide) groups is 2. The lowest BCUT2D eigenvalue weighted by Crippen LogP contribution is -2.09. The zero-order valence-corrected chi connectivity index (χ0v) is 11.7. The molecule has 17 heavy (non-hydrogen) atoms. The molecule has 98 valence electrons. The van der Waals surface area contributed by atoms with E-state index in [-0.39, 0.29) is 6.61 Å². The largest absolute Gasteiger partial charge is 0.394 e. The van der Waals surface area contributed by atoms with Gasteiger partial charge in [0.15, 0.2) is 0 Å². The van der Waals surface area contributed by atoms with Crippen LogP contribution in [0.3, 0.4) is 0 Å². The predicted octanol–water partition coefficient (Wildman–Crippen LogP) is 1.51. The molecule has 0 aromatic carbocycles. The Morgan fingerprint density at radius 3 is 2.53 bits per heavy atom. The molecule has 5 nitrogen and oxygen atoms in total. The normalized spacial score (nSPS) is 11.5. The summed E-state index contributed by atoms with van der Waals surface area (Å²) in [5, 5.41) is 17.2. The molecule has 0 amide bonds. The highest BCUT2D eigenvalue weighted by Gasteiger charge is 2.00. The summed E-state index contributed by atoms with van der Waals surface area (Å²) in [6.45, 7) is 1.89. The van der Waals surface area contributed by atoms with Crippen LogP contribution < -0.4 is 0 Å². The average Bonchev–Trinajstić information content (AvgIpc) is 2.33. The van der Waals surface area contributed by atoms with E-state index in [1.807, 2.05) is 0 Å². The molecule has 0 saturated heterocycles. The molecule has 0 saturated carbocycles. The van der Waals surface area contributed by atoms with Gasteiger partial charge in [0.05, 0.1) is 38.2 Å². The third kappa shape index (κ3) is 12.3. The molecule has 0 aliphatic carbocycles. The lowest BCUT2D eigenvalue weighted by molar-refractivity contribution is 0.0378. The highest BCUT2D eigenvalue weighted by atomic mass is 35.5. The molecule has 0 atom stereocenters. The second-order valence-corrected chi connectivity index (χ2v) is 5.42. The summed E-state index contributed by atoms with van der Waals surface area (Å²) >= 11 is 8.30. The summed E-state index contributed by atoms with van der Waals surface area (Å²) in [4.78, 5) is 3.63. The van der Waals surface area contributed by atoms with Gasteiger partial charge in [-0.2, -0.15) is 10.3 Å². The monoisotopic (exact) mass is 298 g/mol. The van der Waals surface area contributed by atoms with Crippen LogP contribution in [0.15, 0.2) is 4.99 Å². The van der Waals surface area contributed by atoms with Gasteiger partial charge in [-0.1, -0.05) is 23.5 Å². The molecule has 0 bridgehead atoms. The maximum Gasteiger partial charge on any atom is 0.207 e. The number of halogens is 1. The molecule has 0 aliphatic rings. The number of aliphatic hydroxyl groups excluding tert-OH is 1. The third-order valence-corrected chi connectivity index (χ3v) is 3.57. The van der Waals surface area contributed by atoms with Crippen molar-refractivity contribution in [3.05, 3.63) is 0 Å². The Hall–Kier alpha value is 0.0300. The highest BCUT2D eigenvalue weighted by molar-refractivity contribution is 8.39. The van der Waals surface area contributed by atoms with Crippen LogP contribution in [0.2, 0.25) is 0 Å². The summed E-state index contributed by atoms with van der Waals surface area (Å²) in [6, 6.07) is 0. The molecule has 0 aromatic heterocycles. The van der Waals surface area contributed by atoms with Gasteiger partial charge in [-0.15, -0.1) is 11.6 Å². The molecule has 0 aliphatic heterocycles. The van der Waals surface area contributed by atoms with Crippen LogP contribution in [0.1, 0.15) is 0 Å². The Bertz CT molecular complexity index is 249. The Morgan fingerprint density at radius 1 is 1.24 bits per heavy atom. The van der Waals surface area contributed by atoms with Gasteiger partial charge in [-0.25, -0.2) is 0 Å². The van der Waals surface area contributed by atoms with Gasteiger partial charge in [0, 0.05) is 5.75 Å². The zero-order chi connectivity index (χ0) is 12.8. The van der Waals surface area contributed by atoms with Crippen LogP contribution in [0, 0.1) is 11.5 Å². The van der Waals surface area contributed by atoms with Crippen LogP contribution in [0.25, 0.3) is 0 Å². The minimum atomic E-state index is 0.0273. The SMILES string of the molecule is N#CN=C(SCCl)SCCOCCOCCO. The molecule has 8 heteroatoms. The standard InChI is InChI=1S/C9H15ClN2O3S2/c10-7-17-9(12-8-11)16-6-5-15-4-3-14-2-1-13/h13H,1-7H2. The average molecular weight is 299 g/mol. The molecule has 0 rings (SSSR count). The van der Waals surface area contributed by atoms with E-state index < -0.39 is 0 Å². The van der Waals surface area contributed by atoms with Crippen LogP contribution in [0.4, 0.5) is 0 Å². The summed E-state index contributed by atoms with van der Waals surface area (Å²) < 4.78 is 11.0. The highest BCUT2D eigenvalue weighted by Crippen LogP contribution is 2.17. The van der Waals surface area contributed by atoms with Gasteiger partial charge >= 0.3 is 0 Å². The Labute approximate surface area is 115 Å². The predicted molar refractivity (Wildman–Crippen MR) is 72.5 cm³/mol. The molecule has 0 radical (unpaired) electrons. The number of nitriles is 1. The lowest BCUT2D eigenvalue weighted by Gasteiger charge is -2.05. The van der Waals surface area contributed by atoms with Crippen molar-refractivity contribution in [2.75, 3.05) is 44.0 Å². The molecule has 1 N–H and O–H groups in total. The van der Waals surface area contributed by atoms with Gasteiger partial charge in [-0.3, -0.25) is 0 Å². The molecule has 0 spiro atoms. The number of hydrogen-bond acceptors (Lipinski definition) is 7. The second-order valence-electron chi connectivity index (χ2n) is 2.53. The molecular formula is C9H15ClN2O3S2. The van der Waals surface area contributed by atoms with E-state index in [4.69, 9.17) is 31.4 Å². The van der Waals surface area contributed by atoms with E-state index in [0.717, 1.165) is 0 Å². The minimum absolute atomic E-state index is 0.0273. The van der Waals surface area contributed by atoms with Crippen molar-refractivity contribution < 1.29 is 14.6 Å². The number of nitrogens with zero attached hydrogens (tertiary/aromatic N) is 2. The lowest BCUT2D eigenvalue weighted by atomic mass is 10.7. The fourth-order valence-corrected chi connectivity index (χ4v) is 2.71. The van der Waals surface area contributed by atoms with Crippen LogP contribution in [0.5, 0.6) is 0 Å². The summed E-state index contributed by atoms with van der Waals surface area (Å²) in [6.07, 6.45) is 1.73. The third-order valence-electron chi connectivity index (χ3n) is 1.38. The Kier molecular flexibility index (Phi) is 14.1. The van der Waals surface area contributed by atoms with E-state index in [1.165, 1.54) is 23.5 Å². The molecule has 0 unspecified atom stereocenters. The van der Waals surface area contributed by atoms with E-state index in [1.54, 1.807) is 6.19 Å². The van der Waals surface area contributed by atoms with E-state index in [0.29, 0.717) is 41.8 Å². The van der Waals surface area contributed by atoms with Crippen molar-refractivity contribution in [1.29, 1.82) is 5.26 Å². The molecule has 0 heterocycles. The first kappa shape index (κ1) is 17.0. The zero-order valence-electron chi connectivity index (χ0n) is 9.30. The smallest absolute Gasteiger partial charge is 0.207 e. The first-order valence-electron chi connectivity index (χ1n) is 4.89. The Balaban J connectivity index is 3.37. The number of aliphatic imine (C=N–C) groups is 1. The van der Waals surface area contributed by atoms with Crippen molar-refractivity contribution in [3.8, 4) is 6.19 Å². The fourth-order valence-electron chi connectivity index (χ4n) is 0.768. The van der Waals surface area contributed by atoms with E-state index >= 15 is 0 Å². The quantitative estimate of drug-likeness (QED) is 0.229. The topological polar surface area (TPSA) is 74.8 Å². The van der Waals surface area contributed by atoms with Gasteiger partial charge in [0.2, 0.25) is 6.19 Å². The van der Waals surface area contributed by atoms with Crippen LogP contribution >= 0.6 is 35.1 Å². The van der Waals surface area contributed by atoms with Gasteiger partial charge in [-0.05, 0) is 0 Å². The molecular weight excluding hydrogens is 284 g/mol. The summed E-state index contributed by atoms with van der Waals surface area (Å²) in [5.41, 5.74) is 0. The van der Waals surface area contributed by atoms with Crippen molar-refractivity contribution in [2.24, 2.45) is 4.99 Å². The Morgan fingerprint density at radius 2 is 1.94 bits per heavy atom. The maximum atomic E-state index is 8.45. The van der Waals surface area contributed by atoms with E-state index in [2.05, 4.69) is 4.99 Å². The minimum Gasteiger partial charge on any atom is -0.394 e. The number of aliphatic hydroxyl groups is 1. The molecule has 0 aromatic rings. The number of ether oxygens (including phenoxy) is 2.